The number of aromatic nitrogens is 4. The fraction of sp³-hybridized carbons (Fsp3) is 0.333. The summed E-state index contributed by atoms with van der Waals surface area (Å²) >= 11 is 0. The van der Waals surface area contributed by atoms with E-state index in [4.69, 9.17) is 4.74 Å². The molecule has 4 bridgehead atoms. The smallest absolute Gasteiger partial charge is 0.328 e. The molecule has 0 aromatic carbocycles. The van der Waals surface area contributed by atoms with Crippen molar-refractivity contribution < 1.29 is 9.53 Å². The average molecular weight is 365 g/mol. The number of fused-ring (bicyclic) bond motifs is 4. The average Bonchev–Trinajstić information content (AvgIpc) is 3.08. The number of imidazole rings is 1. The number of ether oxygens (including phenoxy) is 1. The van der Waals surface area contributed by atoms with Gasteiger partial charge in [0.25, 0.3) is 0 Å². The lowest BCUT2D eigenvalue weighted by atomic mass is 9.89. The lowest BCUT2D eigenvalue weighted by Gasteiger charge is -2.36. The van der Waals surface area contributed by atoms with Gasteiger partial charge in [0.2, 0.25) is 0 Å². The van der Waals surface area contributed by atoms with Crippen molar-refractivity contribution in [1.82, 2.24) is 24.8 Å². The van der Waals surface area contributed by atoms with E-state index in [9.17, 15) is 4.79 Å². The summed E-state index contributed by atoms with van der Waals surface area (Å²) in [4.78, 5) is 26.0. The minimum atomic E-state index is -0.250. The minimum Gasteiger partial charge on any atom is -0.386 e. The minimum absolute atomic E-state index is 0.000295. The fourth-order valence-electron chi connectivity index (χ4n) is 3.44. The van der Waals surface area contributed by atoms with Crippen LogP contribution in [0.25, 0.3) is 11.2 Å². The summed E-state index contributed by atoms with van der Waals surface area (Å²) in [6, 6.07) is 3.58. The summed E-state index contributed by atoms with van der Waals surface area (Å²) in [5.41, 5.74) is 3.69. The predicted molar refractivity (Wildman–Crippen MR) is 100 cm³/mol. The fourth-order valence-corrected chi connectivity index (χ4v) is 3.44. The van der Waals surface area contributed by atoms with Crippen LogP contribution >= 0.6 is 0 Å². The number of pyridine rings is 2. The van der Waals surface area contributed by atoms with Crippen LogP contribution in [0.4, 0.5) is 22.0 Å². The second-order valence-electron chi connectivity index (χ2n) is 6.78. The third-order valence-corrected chi connectivity index (χ3v) is 5.04. The Kier molecular flexibility index (Phi) is 3.68. The third-order valence-electron chi connectivity index (χ3n) is 5.04. The zero-order valence-corrected chi connectivity index (χ0v) is 14.8. The van der Waals surface area contributed by atoms with E-state index < -0.39 is 0 Å². The molecule has 27 heavy (non-hydrogen) atoms. The number of hydrogen-bond acceptors (Lipinski definition) is 7. The highest BCUT2D eigenvalue weighted by Gasteiger charge is 2.33. The molecule has 2 aliphatic rings. The second kappa shape index (κ2) is 6.20. The molecule has 2 atom stereocenters. The SMILES string of the molecule is CNc1cc2nc3c1ncn3C(=O)N[C@@H]1CC[C@H]1OCc1cncc(c1)N2. The predicted octanol–water partition coefficient (Wildman–Crippen LogP) is 2.23. The Morgan fingerprint density at radius 2 is 2.22 bits per heavy atom. The number of hydrogen-bond donors (Lipinski definition) is 3. The van der Waals surface area contributed by atoms with E-state index in [1.807, 2.05) is 19.2 Å². The maximum atomic E-state index is 12.8. The largest absolute Gasteiger partial charge is 0.386 e. The van der Waals surface area contributed by atoms with Crippen LogP contribution in [0.3, 0.4) is 0 Å². The standard InChI is InChI=1S/C18H19N7O2/c1-19-13-5-15-22-11-4-10(6-20-7-11)8-27-14-3-2-12(14)23-18(26)25-9-21-16(13)17(25)24-15/h4-7,9,12,14H,2-3,8H2,1H3,(H,23,26)(H2,19,22,24)/t12-,14-/m1/s1. The first-order chi connectivity index (χ1) is 13.2. The maximum Gasteiger partial charge on any atom is 0.328 e. The van der Waals surface area contributed by atoms with Gasteiger partial charge in [-0.1, -0.05) is 0 Å². The molecular weight excluding hydrogens is 346 g/mol. The first kappa shape index (κ1) is 16.0. The van der Waals surface area contributed by atoms with E-state index in [2.05, 4.69) is 30.9 Å². The second-order valence-corrected chi connectivity index (χ2v) is 6.78. The molecule has 1 aliphatic carbocycles. The van der Waals surface area contributed by atoms with Crippen molar-refractivity contribution in [2.24, 2.45) is 0 Å². The lowest BCUT2D eigenvalue weighted by Crippen LogP contribution is -2.52. The van der Waals surface area contributed by atoms with Gasteiger partial charge in [0, 0.05) is 19.3 Å². The van der Waals surface area contributed by atoms with E-state index in [1.165, 1.54) is 10.9 Å². The van der Waals surface area contributed by atoms with Gasteiger partial charge in [-0.3, -0.25) is 4.98 Å². The van der Waals surface area contributed by atoms with Crippen LogP contribution in [0.2, 0.25) is 0 Å². The molecule has 3 aromatic heterocycles. The van der Waals surface area contributed by atoms with E-state index >= 15 is 0 Å². The number of carbonyl (C=O) groups is 1. The van der Waals surface area contributed by atoms with E-state index in [1.54, 1.807) is 12.4 Å². The van der Waals surface area contributed by atoms with Crippen LogP contribution < -0.4 is 16.0 Å². The van der Waals surface area contributed by atoms with Crippen LogP contribution in [-0.4, -0.2) is 44.7 Å². The van der Waals surface area contributed by atoms with Gasteiger partial charge >= 0.3 is 6.03 Å². The van der Waals surface area contributed by atoms with Crippen LogP contribution in [0, 0.1) is 0 Å². The molecule has 138 valence electrons. The van der Waals surface area contributed by atoms with E-state index in [0.29, 0.717) is 23.6 Å². The highest BCUT2D eigenvalue weighted by atomic mass is 16.5. The number of anilines is 3. The number of carbonyl (C=O) groups excluding carboxylic acids is 1. The van der Waals surface area contributed by atoms with Crippen LogP contribution in [0.5, 0.6) is 0 Å². The third kappa shape index (κ3) is 2.76. The number of nitrogens with one attached hydrogen (secondary N) is 3. The van der Waals surface area contributed by atoms with Gasteiger partial charge < -0.3 is 20.7 Å². The van der Waals surface area contributed by atoms with Gasteiger partial charge in [-0.15, -0.1) is 0 Å². The van der Waals surface area contributed by atoms with Crippen LogP contribution in [0.1, 0.15) is 18.4 Å². The molecule has 0 spiro atoms. The first-order valence-corrected chi connectivity index (χ1v) is 8.90. The molecule has 1 saturated carbocycles. The first-order valence-electron chi connectivity index (χ1n) is 8.90. The highest BCUT2D eigenvalue weighted by Crippen LogP contribution is 2.28. The molecular formula is C18H19N7O2. The molecule has 3 aromatic rings. The number of nitrogens with zero attached hydrogens (tertiary/aromatic N) is 4. The lowest BCUT2D eigenvalue weighted by molar-refractivity contribution is -0.0324. The Morgan fingerprint density at radius 3 is 3.04 bits per heavy atom. The summed E-state index contributed by atoms with van der Waals surface area (Å²) in [6.45, 7) is 0.449. The van der Waals surface area contributed by atoms with Crippen molar-refractivity contribution in [1.29, 1.82) is 0 Å². The molecule has 0 radical (unpaired) electrons. The molecule has 9 nitrogen and oxygen atoms in total. The number of rotatable bonds is 1. The summed E-state index contributed by atoms with van der Waals surface area (Å²) < 4.78 is 7.42. The Labute approximate surface area is 155 Å². The Bertz CT molecular complexity index is 1030. The topological polar surface area (TPSA) is 106 Å². The maximum absolute atomic E-state index is 12.8. The molecule has 1 amide bonds. The van der Waals surface area contributed by atoms with Crippen molar-refractivity contribution in [3.05, 3.63) is 36.4 Å². The molecule has 5 rings (SSSR count). The molecule has 4 heterocycles. The Balaban J connectivity index is 1.64. The van der Waals surface area contributed by atoms with Gasteiger partial charge in [-0.25, -0.2) is 19.3 Å². The van der Waals surface area contributed by atoms with Crippen molar-refractivity contribution in [2.45, 2.75) is 31.6 Å². The van der Waals surface area contributed by atoms with Crippen molar-refractivity contribution in [3.63, 3.8) is 0 Å². The van der Waals surface area contributed by atoms with Gasteiger partial charge in [-0.2, -0.15) is 0 Å². The molecule has 1 fully saturated rings. The highest BCUT2D eigenvalue weighted by molar-refractivity contribution is 5.94. The molecule has 9 heteroatoms. The van der Waals surface area contributed by atoms with E-state index in [-0.39, 0.29) is 18.2 Å². The van der Waals surface area contributed by atoms with Crippen LogP contribution in [-0.2, 0) is 11.3 Å². The quantitative estimate of drug-likeness (QED) is 0.607. The summed E-state index contributed by atoms with van der Waals surface area (Å²) in [6.07, 6.45) is 6.83. The zero-order chi connectivity index (χ0) is 18.4. The molecule has 0 saturated heterocycles. The molecule has 0 unspecified atom stereocenters. The molecule has 1 aliphatic heterocycles. The van der Waals surface area contributed by atoms with Crippen molar-refractivity contribution >= 4 is 34.4 Å². The van der Waals surface area contributed by atoms with Gasteiger partial charge in [0.1, 0.15) is 17.7 Å². The molecule has 3 N–H and O–H groups in total. The Morgan fingerprint density at radius 1 is 1.30 bits per heavy atom. The zero-order valence-electron chi connectivity index (χ0n) is 14.8. The van der Waals surface area contributed by atoms with Crippen LogP contribution in [0.15, 0.2) is 30.9 Å². The normalized spacial score (nSPS) is 21.6. The summed E-state index contributed by atoms with van der Waals surface area (Å²) in [5.74, 6) is 0.597. The van der Waals surface area contributed by atoms with E-state index in [0.717, 1.165) is 29.8 Å². The van der Waals surface area contributed by atoms with Gasteiger partial charge in [0.15, 0.2) is 5.65 Å². The number of amides is 1. The van der Waals surface area contributed by atoms with Crippen molar-refractivity contribution in [2.75, 3.05) is 17.7 Å². The summed E-state index contributed by atoms with van der Waals surface area (Å²) in [7, 11) is 1.81. The Hall–Kier alpha value is -3.20. The van der Waals surface area contributed by atoms with Gasteiger partial charge in [-0.05, 0) is 24.5 Å². The van der Waals surface area contributed by atoms with Gasteiger partial charge in [0.05, 0.1) is 36.3 Å². The summed E-state index contributed by atoms with van der Waals surface area (Å²) in [5, 5.41) is 9.40. The monoisotopic (exact) mass is 365 g/mol. The van der Waals surface area contributed by atoms with Crippen molar-refractivity contribution in [3.8, 4) is 0 Å².